The van der Waals surface area contributed by atoms with E-state index < -0.39 is 0 Å². The van der Waals surface area contributed by atoms with Gasteiger partial charge in [-0.3, -0.25) is 4.79 Å². The Kier molecular flexibility index (Phi) is 4.34. The van der Waals surface area contributed by atoms with Gasteiger partial charge in [0.1, 0.15) is 0 Å². The van der Waals surface area contributed by atoms with Crippen LogP contribution in [0, 0.1) is 0 Å². The molecule has 4 rings (SSSR count). The molecule has 4 heteroatoms. The Bertz CT molecular complexity index is 944. The molecule has 128 valence electrons. The van der Waals surface area contributed by atoms with E-state index in [2.05, 4.69) is 40.6 Å². The van der Waals surface area contributed by atoms with Gasteiger partial charge in [0, 0.05) is 35.8 Å². The first-order valence-corrected chi connectivity index (χ1v) is 9.37. The van der Waals surface area contributed by atoms with Crippen LogP contribution in [0.5, 0.6) is 0 Å². The van der Waals surface area contributed by atoms with Gasteiger partial charge in [-0.25, -0.2) is 0 Å². The summed E-state index contributed by atoms with van der Waals surface area (Å²) in [6.45, 7) is 3.25. The summed E-state index contributed by atoms with van der Waals surface area (Å²) < 4.78 is 4.36. The third kappa shape index (κ3) is 2.98. The number of fused-ring (bicyclic) bond motifs is 2. The molecule has 3 aromatic rings. The molecule has 0 N–H and O–H groups in total. The number of unbranched alkanes of at least 4 members (excludes halogenated alkanes) is 1. The first kappa shape index (κ1) is 16.3. The van der Waals surface area contributed by atoms with E-state index in [1.807, 2.05) is 24.4 Å². The van der Waals surface area contributed by atoms with Crippen molar-refractivity contribution in [3.8, 4) is 0 Å². The zero-order valence-corrected chi connectivity index (χ0v) is 15.2. The van der Waals surface area contributed by atoms with E-state index in [9.17, 15) is 4.79 Å². The van der Waals surface area contributed by atoms with Gasteiger partial charge in [-0.05, 0) is 36.6 Å². The van der Waals surface area contributed by atoms with Crippen molar-refractivity contribution in [2.24, 2.45) is 0 Å². The molecule has 0 radical (unpaired) electrons. The van der Waals surface area contributed by atoms with Crippen molar-refractivity contribution in [2.75, 3.05) is 0 Å². The maximum absolute atomic E-state index is 13.0. The topological polar surface area (TPSA) is 25.9 Å². The molecule has 1 atom stereocenters. The van der Waals surface area contributed by atoms with Gasteiger partial charge in [0.15, 0.2) is 12.4 Å². The van der Waals surface area contributed by atoms with Gasteiger partial charge in [-0.1, -0.05) is 31.0 Å². The zero-order chi connectivity index (χ0) is 17.4. The van der Waals surface area contributed by atoms with E-state index in [1.165, 1.54) is 23.7 Å². The third-order valence-corrected chi connectivity index (χ3v) is 5.41. The number of pyridine rings is 1. The first-order valence-electron chi connectivity index (χ1n) is 8.99. The number of ketones is 1. The van der Waals surface area contributed by atoms with Crippen molar-refractivity contribution in [3.63, 3.8) is 0 Å². The predicted octanol–water partition coefficient (Wildman–Crippen LogP) is 4.75. The summed E-state index contributed by atoms with van der Waals surface area (Å²) in [6, 6.07) is 9.78. The fourth-order valence-electron chi connectivity index (χ4n) is 3.76. The van der Waals surface area contributed by atoms with Gasteiger partial charge in [0.2, 0.25) is 11.8 Å². The Morgan fingerprint density at radius 3 is 3.00 bits per heavy atom. The minimum Gasteiger partial charge on any atom is -0.347 e. The lowest BCUT2D eigenvalue weighted by Crippen LogP contribution is -2.45. The number of halogens is 1. The second-order valence-corrected chi connectivity index (χ2v) is 7.25. The Hall–Kier alpha value is -2.13. The predicted molar refractivity (Wildman–Crippen MR) is 100 cm³/mol. The number of carbonyl (C=O) groups excluding carboxylic acids is 1. The normalized spacial score (nSPS) is 17.0. The van der Waals surface area contributed by atoms with Crippen LogP contribution in [-0.2, 0) is 13.0 Å². The first-order chi connectivity index (χ1) is 12.2. The molecule has 0 amide bonds. The Morgan fingerprint density at radius 2 is 2.16 bits per heavy atom. The molecular weight excluding hydrogens is 332 g/mol. The molecule has 0 saturated heterocycles. The van der Waals surface area contributed by atoms with Crippen LogP contribution in [-0.4, -0.2) is 10.4 Å². The van der Waals surface area contributed by atoms with Crippen molar-refractivity contribution in [1.29, 1.82) is 0 Å². The average Bonchev–Trinajstić information content (AvgIpc) is 3.03. The molecule has 0 aliphatic heterocycles. The highest BCUT2D eigenvalue weighted by Crippen LogP contribution is 2.28. The van der Waals surface area contributed by atoms with Gasteiger partial charge in [0.25, 0.3) is 0 Å². The summed E-state index contributed by atoms with van der Waals surface area (Å²) >= 11 is 6.10. The summed E-state index contributed by atoms with van der Waals surface area (Å²) in [5.41, 5.74) is 3.12. The minimum atomic E-state index is -0.144. The molecule has 0 saturated carbocycles. The van der Waals surface area contributed by atoms with Crippen molar-refractivity contribution >= 4 is 28.3 Å². The molecule has 1 aliphatic carbocycles. The van der Waals surface area contributed by atoms with Crippen LogP contribution in [0.15, 0.2) is 48.9 Å². The molecule has 1 aromatic carbocycles. The van der Waals surface area contributed by atoms with Gasteiger partial charge < -0.3 is 4.57 Å². The van der Waals surface area contributed by atoms with Crippen molar-refractivity contribution in [2.45, 2.75) is 45.2 Å². The van der Waals surface area contributed by atoms with E-state index in [0.29, 0.717) is 5.02 Å². The van der Waals surface area contributed by atoms with Crippen LogP contribution in [0.4, 0.5) is 0 Å². The lowest BCUT2D eigenvalue weighted by atomic mass is 9.87. The van der Waals surface area contributed by atoms with Crippen LogP contribution in [0.3, 0.4) is 0 Å². The molecule has 1 aliphatic rings. The summed E-state index contributed by atoms with van der Waals surface area (Å²) in [5, 5.41) is 1.81. The highest BCUT2D eigenvalue weighted by Gasteiger charge is 2.34. The third-order valence-electron chi connectivity index (χ3n) is 5.17. The van der Waals surface area contributed by atoms with E-state index in [0.717, 1.165) is 30.5 Å². The van der Waals surface area contributed by atoms with Crippen LogP contribution in [0.25, 0.3) is 10.9 Å². The lowest BCUT2D eigenvalue weighted by molar-refractivity contribution is -0.707. The molecule has 1 unspecified atom stereocenters. The van der Waals surface area contributed by atoms with Gasteiger partial charge in [-0.15, -0.1) is 0 Å². The maximum atomic E-state index is 13.0. The van der Waals surface area contributed by atoms with Crippen LogP contribution in [0.2, 0.25) is 5.02 Å². The highest BCUT2D eigenvalue weighted by molar-refractivity contribution is 6.31. The number of nitrogens with zero attached hydrogens (tertiary/aromatic N) is 2. The van der Waals surface area contributed by atoms with Gasteiger partial charge >= 0.3 is 0 Å². The fraction of sp³-hybridized carbons (Fsp3) is 0.333. The SMILES string of the molecule is CCCCn1ccc2c[n+](C3CCc4ccc(Cl)cc4C3=O)ccc21. The van der Waals surface area contributed by atoms with Crippen molar-refractivity contribution in [1.82, 2.24) is 4.57 Å². The smallest absolute Gasteiger partial charge is 0.230 e. The zero-order valence-electron chi connectivity index (χ0n) is 14.4. The standard InChI is InChI=1S/C21H22ClN2O/c1-2-3-10-23-11-8-16-14-24(12-9-19(16)23)20-7-5-15-4-6-17(22)13-18(15)21(20)25/h4,6,8-9,11-14,20H,2-3,5,7,10H2,1H3/q+1. The summed E-state index contributed by atoms with van der Waals surface area (Å²) in [7, 11) is 0. The molecule has 25 heavy (non-hydrogen) atoms. The largest absolute Gasteiger partial charge is 0.347 e. The number of aromatic nitrogens is 2. The molecule has 0 fully saturated rings. The second-order valence-electron chi connectivity index (χ2n) is 6.82. The molecule has 2 heterocycles. The van der Waals surface area contributed by atoms with Gasteiger partial charge in [0.05, 0.1) is 10.9 Å². The van der Waals surface area contributed by atoms with E-state index in [4.69, 9.17) is 11.6 Å². The Morgan fingerprint density at radius 1 is 1.28 bits per heavy atom. The number of benzene rings is 1. The average molecular weight is 354 g/mol. The Labute approximate surface area is 152 Å². The van der Waals surface area contributed by atoms with Crippen molar-refractivity contribution < 1.29 is 9.36 Å². The second kappa shape index (κ2) is 6.64. The number of hydrogen-bond donors (Lipinski definition) is 0. The molecule has 3 nitrogen and oxygen atoms in total. The Balaban J connectivity index is 1.67. The van der Waals surface area contributed by atoms with E-state index >= 15 is 0 Å². The summed E-state index contributed by atoms with van der Waals surface area (Å²) in [5.74, 6) is 0.165. The minimum absolute atomic E-state index is 0.144. The van der Waals surface area contributed by atoms with Crippen LogP contribution >= 0.6 is 11.6 Å². The molecule has 0 bridgehead atoms. The van der Waals surface area contributed by atoms with Crippen LogP contribution < -0.4 is 4.57 Å². The quantitative estimate of drug-likeness (QED) is 0.621. The summed E-state index contributed by atoms with van der Waals surface area (Å²) in [6.07, 6.45) is 10.4. The molecule has 2 aromatic heterocycles. The van der Waals surface area contributed by atoms with Crippen LogP contribution in [0.1, 0.15) is 48.1 Å². The number of aryl methyl sites for hydroxylation is 2. The number of carbonyl (C=O) groups is 1. The van der Waals surface area contributed by atoms with Crippen molar-refractivity contribution in [3.05, 3.63) is 65.1 Å². The lowest BCUT2D eigenvalue weighted by Gasteiger charge is -2.20. The summed E-state index contributed by atoms with van der Waals surface area (Å²) in [4.78, 5) is 13.0. The number of rotatable bonds is 4. The molecular formula is C21H22ClN2O+. The highest BCUT2D eigenvalue weighted by atomic mass is 35.5. The monoisotopic (exact) mass is 353 g/mol. The molecule has 0 spiro atoms. The van der Waals surface area contributed by atoms with E-state index in [-0.39, 0.29) is 11.8 Å². The number of hydrogen-bond acceptors (Lipinski definition) is 1. The van der Waals surface area contributed by atoms with E-state index in [1.54, 1.807) is 0 Å². The number of Topliss-reactive ketones (excluding diaryl/α,β-unsaturated/α-hetero) is 1. The fourth-order valence-corrected chi connectivity index (χ4v) is 3.94. The van der Waals surface area contributed by atoms with Gasteiger partial charge in [-0.2, -0.15) is 4.57 Å². The maximum Gasteiger partial charge on any atom is 0.230 e.